The molecule has 1 amide bonds. The fourth-order valence-electron chi connectivity index (χ4n) is 2.06. The van der Waals surface area contributed by atoms with Gasteiger partial charge in [-0.05, 0) is 34.2 Å². The molecule has 0 spiro atoms. The van der Waals surface area contributed by atoms with Crippen LogP contribution < -0.4 is 11.1 Å². The molecular formula is C12H25N3O2. The second-order valence-electron chi connectivity index (χ2n) is 5.58. The molecule has 0 saturated carbocycles. The number of hydrogen-bond donors (Lipinski definition) is 2. The lowest BCUT2D eigenvalue weighted by atomic mass is 9.96. The first-order valence-corrected chi connectivity index (χ1v) is 6.14. The average Bonchev–Trinajstić information content (AvgIpc) is 2.24. The van der Waals surface area contributed by atoms with E-state index >= 15 is 0 Å². The third-order valence-electron chi connectivity index (χ3n) is 3.53. The number of morpholine rings is 1. The van der Waals surface area contributed by atoms with Crippen LogP contribution in [0.1, 0.15) is 27.2 Å². The Hall–Kier alpha value is -0.650. The topological polar surface area (TPSA) is 67.6 Å². The Balaban J connectivity index is 2.47. The number of nitrogens with zero attached hydrogens (tertiary/aromatic N) is 1. The summed E-state index contributed by atoms with van der Waals surface area (Å²) >= 11 is 0. The summed E-state index contributed by atoms with van der Waals surface area (Å²) in [4.78, 5) is 13.7. The maximum absolute atomic E-state index is 11.4. The van der Waals surface area contributed by atoms with Crippen molar-refractivity contribution in [2.45, 2.75) is 38.3 Å². The summed E-state index contributed by atoms with van der Waals surface area (Å²) in [6.45, 7) is 9.44. The van der Waals surface area contributed by atoms with Crippen LogP contribution in [0, 0.1) is 0 Å². The molecule has 1 aliphatic rings. The van der Waals surface area contributed by atoms with Crippen LogP contribution in [0.15, 0.2) is 0 Å². The zero-order valence-corrected chi connectivity index (χ0v) is 11.4. The van der Waals surface area contributed by atoms with Gasteiger partial charge < -0.3 is 15.8 Å². The van der Waals surface area contributed by atoms with Gasteiger partial charge in [-0.25, -0.2) is 0 Å². The molecule has 17 heavy (non-hydrogen) atoms. The average molecular weight is 243 g/mol. The highest BCUT2D eigenvalue weighted by molar-refractivity contribution is 5.84. The van der Waals surface area contributed by atoms with Gasteiger partial charge in [0.15, 0.2) is 0 Å². The lowest BCUT2D eigenvalue weighted by Gasteiger charge is -2.39. The molecule has 1 aliphatic heterocycles. The zero-order valence-electron chi connectivity index (χ0n) is 11.4. The van der Waals surface area contributed by atoms with E-state index in [1.807, 2.05) is 6.92 Å². The Kier molecular flexibility index (Phi) is 4.52. The number of likely N-dealkylation sites (N-methyl/N-ethyl adjacent to an activating group) is 1. The summed E-state index contributed by atoms with van der Waals surface area (Å²) in [6.07, 6.45) is 0.717. The van der Waals surface area contributed by atoms with Gasteiger partial charge in [0.2, 0.25) is 5.91 Å². The number of nitrogens with two attached hydrogens (primary N) is 1. The molecule has 5 nitrogen and oxygen atoms in total. The van der Waals surface area contributed by atoms with Gasteiger partial charge in [-0.1, -0.05) is 0 Å². The minimum absolute atomic E-state index is 0.0962. The van der Waals surface area contributed by atoms with Crippen molar-refractivity contribution in [3.8, 4) is 0 Å². The predicted molar refractivity (Wildman–Crippen MR) is 67.7 cm³/mol. The van der Waals surface area contributed by atoms with Crippen molar-refractivity contribution in [1.82, 2.24) is 10.2 Å². The highest BCUT2D eigenvalue weighted by Crippen LogP contribution is 2.18. The summed E-state index contributed by atoms with van der Waals surface area (Å²) in [7, 11) is 1.77. The van der Waals surface area contributed by atoms with Crippen LogP contribution in [-0.4, -0.2) is 55.2 Å². The number of carbonyl (C=O) groups excluding carboxylic acids is 1. The van der Waals surface area contributed by atoms with Crippen molar-refractivity contribution in [2.24, 2.45) is 5.73 Å². The lowest BCUT2D eigenvalue weighted by molar-refractivity contribution is -0.124. The molecule has 1 unspecified atom stereocenters. The smallest absolute Gasteiger partial charge is 0.237 e. The minimum atomic E-state index is -0.623. The summed E-state index contributed by atoms with van der Waals surface area (Å²) in [5.41, 5.74) is 4.69. The summed E-state index contributed by atoms with van der Waals surface area (Å²) in [5, 5.41) is 3.01. The van der Waals surface area contributed by atoms with Gasteiger partial charge in [-0.3, -0.25) is 9.69 Å². The standard InChI is InChI=1S/C12H25N3O2/c1-11(2)9-15(7-8-17-11)6-5-12(3,14-4)10(13)16/h14H,5-9H2,1-4H3,(H2,13,16). The second kappa shape index (κ2) is 5.33. The second-order valence-corrected chi connectivity index (χ2v) is 5.58. The molecule has 0 aromatic rings. The number of hydrogen-bond acceptors (Lipinski definition) is 4. The first-order chi connectivity index (χ1) is 7.79. The van der Waals surface area contributed by atoms with Gasteiger partial charge in [0, 0.05) is 19.6 Å². The number of ether oxygens (including phenoxy) is 1. The van der Waals surface area contributed by atoms with Crippen LogP contribution in [0.5, 0.6) is 0 Å². The van der Waals surface area contributed by atoms with E-state index in [-0.39, 0.29) is 11.5 Å². The number of carbonyl (C=O) groups is 1. The van der Waals surface area contributed by atoms with Gasteiger partial charge in [-0.2, -0.15) is 0 Å². The SMILES string of the molecule is CNC(C)(CCN1CCOC(C)(C)C1)C(N)=O. The third-order valence-corrected chi connectivity index (χ3v) is 3.53. The van der Waals surface area contributed by atoms with E-state index in [1.54, 1.807) is 7.05 Å². The monoisotopic (exact) mass is 243 g/mol. The maximum atomic E-state index is 11.4. The van der Waals surface area contributed by atoms with Crippen LogP contribution in [0.2, 0.25) is 0 Å². The van der Waals surface area contributed by atoms with E-state index in [9.17, 15) is 4.79 Å². The van der Waals surface area contributed by atoms with E-state index in [0.29, 0.717) is 0 Å². The van der Waals surface area contributed by atoms with E-state index in [1.165, 1.54) is 0 Å². The van der Waals surface area contributed by atoms with Crippen LogP contribution in [0.4, 0.5) is 0 Å². The number of nitrogens with one attached hydrogen (secondary N) is 1. The van der Waals surface area contributed by atoms with Crippen LogP contribution in [0.25, 0.3) is 0 Å². The Morgan fingerprint density at radius 3 is 2.71 bits per heavy atom. The van der Waals surface area contributed by atoms with Crippen molar-refractivity contribution in [1.29, 1.82) is 0 Å². The van der Waals surface area contributed by atoms with Crippen LogP contribution >= 0.6 is 0 Å². The first kappa shape index (κ1) is 14.4. The fourth-order valence-corrected chi connectivity index (χ4v) is 2.06. The number of rotatable bonds is 5. The molecule has 0 aromatic carbocycles. The van der Waals surface area contributed by atoms with Gasteiger partial charge in [0.05, 0.1) is 17.7 Å². The zero-order chi connectivity index (χ0) is 13.1. The van der Waals surface area contributed by atoms with Gasteiger partial charge in [-0.15, -0.1) is 0 Å². The lowest BCUT2D eigenvalue weighted by Crippen LogP contribution is -2.55. The quantitative estimate of drug-likeness (QED) is 0.710. The molecule has 1 atom stereocenters. The van der Waals surface area contributed by atoms with E-state index < -0.39 is 5.54 Å². The van der Waals surface area contributed by atoms with Crippen LogP contribution in [0.3, 0.4) is 0 Å². The van der Waals surface area contributed by atoms with Crippen LogP contribution in [-0.2, 0) is 9.53 Å². The van der Waals surface area contributed by atoms with E-state index in [0.717, 1.165) is 32.7 Å². The highest BCUT2D eigenvalue weighted by Gasteiger charge is 2.32. The predicted octanol–water partition coefficient (Wildman–Crippen LogP) is -0.0493. The Bertz CT molecular complexity index is 281. The summed E-state index contributed by atoms with van der Waals surface area (Å²) in [6, 6.07) is 0. The molecular weight excluding hydrogens is 218 g/mol. The molecule has 1 fully saturated rings. The molecule has 0 radical (unpaired) electrons. The Morgan fingerprint density at radius 1 is 1.59 bits per heavy atom. The molecule has 1 saturated heterocycles. The largest absolute Gasteiger partial charge is 0.373 e. The maximum Gasteiger partial charge on any atom is 0.237 e. The van der Waals surface area contributed by atoms with Crippen molar-refractivity contribution >= 4 is 5.91 Å². The molecule has 100 valence electrons. The molecule has 5 heteroatoms. The molecule has 0 bridgehead atoms. The van der Waals surface area contributed by atoms with Gasteiger partial charge >= 0.3 is 0 Å². The first-order valence-electron chi connectivity index (χ1n) is 6.14. The normalized spacial score (nSPS) is 24.2. The van der Waals surface area contributed by atoms with Crippen molar-refractivity contribution in [2.75, 3.05) is 33.3 Å². The van der Waals surface area contributed by atoms with Gasteiger partial charge in [0.25, 0.3) is 0 Å². The molecule has 0 aromatic heterocycles. The number of amides is 1. The van der Waals surface area contributed by atoms with Crippen molar-refractivity contribution < 1.29 is 9.53 Å². The minimum Gasteiger partial charge on any atom is -0.373 e. The number of primary amides is 1. The van der Waals surface area contributed by atoms with Crippen molar-refractivity contribution in [3.05, 3.63) is 0 Å². The highest BCUT2D eigenvalue weighted by atomic mass is 16.5. The Labute approximate surface area is 104 Å². The molecule has 1 rings (SSSR count). The summed E-state index contributed by atoms with van der Waals surface area (Å²) < 4.78 is 5.65. The third kappa shape index (κ3) is 3.94. The molecule has 3 N–H and O–H groups in total. The van der Waals surface area contributed by atoms with E-state index in [4.69, 9.17) is 10.5 Å². The fraction of sp³-hybridized carbons (Fsp3) is 0.917. The van der Waals surface area contributed by atoms with Crippen molar-refractivity contribution in [3.63, 3.8) is 0 Å². The Morgan fingerprint density at radius 2 is 2.24 bits per heavy atom. The molecule has 1 heterocycles. The summed E-state index contributed by atoms with van der Waals surface area (Å²) in [5.74, 6) is -0.299. The van der Waals surface area contributed by atoms with E-state index in [2.05, 4.69) is 24.1 Å². The van der Waals surface area contributed by atoms with Gasteiger partial charge in [0.1, 0.15) is 0 Å². The molecule has 0 aliphatic carbocycles.